The van der Waals surface area contributed by atoms with Gasteiger partial charge in [-0.2, -0.15) is 0 Å². The van der Waals surface area contributed by atoms with Crippen LogP contribution in [0.2, 0.25) is 0 Å². The number of nitro groups is 1. The van der Waals surface area contributed by atoms with Gasteiger partial charge in [0, 0.05) is 22.6 Å². The lowest BCUT2D eigenvalue weighted by Crippen LogP contribution is -2.23. The first-order valence-electron chi connectivity index (χ1n) is 11.3. The zero-order valence-corrected chi connectivity index (χ0v) is 19.9. The summed E-state index contributed by atoms with van der Waals surface area (Å²) in [5, 5.41) is 14.6. The number of aryl methyl sites for hydroxylation is 2. The van der Waals surface area contributed by atoms with E-state index in [1.165, 1.54) is 17.0 Å². The average Bonchev–Trinajstić information content (AvgIpc) is 3.61. The van der Waals surface area contributed by atoms with E-state index in [0.717, 1.165) is 42.4 Å². The van der Waals surface area contributed by atoms with E-state index in [4.69, 9.17) is 8.83 Å². The summed E-state index contributed by atoms with van der Waals surface area (Å²) in [4.78, 5) is 29.6. The number of hydrogen-bond acceptors (Lipinski definition) is 7. The normalized spacial score (nSPS) is 13.2. The molecule has 4 aromatic rings. The van der Waals surface area contributed by atoms with Crippen LogP contribution in [0.15, 0.2) is 62.6 Å². The molecule has 8 nitrogen and oxygen atoms in total. The van der Waals surface area contributed by atoms with Gasteiger partial charge in [0.05, 0.1) is 29.5 Å². The molecule has 1 aromatic carbocycles. The highest BCUT2D eigenvalue weighted by atomic mass is 32.1. The Hall–Kier alpha value is -3.98. The van der Waals surface area contributed by atoms with Crippen LogP contribution in [0, 0.1) is 17.0 Å². The fourth-order valence-corrected chi connectivity index (χ4v) is 5.50. The Morgan fingerprint density at radius 1 is 1.23 bits per heavy atom. The first-order valence-corrected chi connectivity index (χ1v) is 12.2. The smallest absolute Gasteiger partial charge is 0.269 e. The predicted octanol–water partition coefficient (Wildman–Crippen LogP) is 6.38. The number of carbonyl (C=O) groups excluding carboxylic acids is 1. The maximum Gasteiger partial charge on any atom is 0.269 e. The lowest BCUT2D eigenvalue weighted by molar-refractivity contribution is -0.384. The van der Waals surface area contributed by atoms with Gasteiger partial charge in [0.2, 0.25) is 0 Å². The second-order valence-electron chi connectivity index (χ2n) is 8.37. The number of furan rings is 2. The molecule has 0 fully saturated rings. The van der Waals surface area contributed by atoms with Crippen LogP contribution in [-0.4, -0.2) is 17.0 Å². The Labute approximate surface area is 205 Å². The Morgan fingerprint density at radius 3 is 2.86 bits per heavy atom. The molecule has 35 heavy (non-hydrogen) atoms. The van der Waals surface area contributed by atoms with E-state index in [0.29, 0.717) is 34.4 Å². The minimum absolute atomic E-state index is 0.0408. The lowest BCUT2D eigenvalue weighted by atomic mass is 9.95. The van der Waals surface area contributed by atoms with Crippen molar-refractivity contribution in [1.29, 1.82) is 0 Å². The van der Waals surface area contributed by atoms with Gasteiger partial charge < -0.3 is 14.2 Å². The number of nitrogens with one attached hydrogen (secondary N) is 1. The molecule has 0 atom stereocenters. The van der Waals surface area contributed by atoms with Crippen LogP contribution in [0.3, 0.4) is 0 Å². The summed E-state index contributed by atoms with van der Waals surface area (Å²) in [7, 11) is 0. The minimum atomic E-state index is -0.417. The third kappa shape index (κ3) is 4.81. The molecule has 0 saturated heterocycles. The largest absolute Gasteiger partial charge is 0.467 e. The number of thiophene rings is 1. The number of carbonyl (C=O) groups is 1. The number of fused-ring (bicyclic) bond motifs is 1. The van der Waals surface area contributed by atoms with Gasteiger partial charge in [-0.25, -0.2) is 4.99 Å². The van der Waals surface area contributed by atoms with Gasteiger partial charge >= 0.3 is 0 Å². The lowest BCUT2D eigenvalue weighted by Gasteiger charge is -2.12. The van der Waals surface area contributed by atoms with E-state index in [9.17, 15) is 14.9 Å². The van der Waals surface area contributed by atoms with Gasteiger partial charge in [-0.1, -0.05) is 0 Å². The second kappa shape index (κ2) is 9.71. The van der Waals surface area contributed by atoms with Gasteiger partial charge in [-0.05, 0) is 74.1 Å². The van der Waals surface area contributed by atoms with Crippen molar-refractivity contribution in [1.82, 2.24) is 5.32 Å². The number of nitrogens with zero attached hydrogens (tertiary/aromatic N) is 2. The topological polar surface area (TPSA) is 111 Å². The Bertz CT molecular complexity index is 1410. The molecule has 0 radical (unpaired) electrons. The molecular formula is C26H23N3O5S. The molecule has 1 aliphatic rings. The first kappa shape index (κ1) is 22.8. The highest BCUT2D eigenvalue weighted by molar-refractivity contribution is 7.16. The zero-order valence-electron chi connectivity index (χ0n) is 19.1. The van der Waals surface area contributed by atoms with E-state index in [2.05, 4.69) is 10.3 Å². The predicted molar refractivity (Wildman–Crippen MR) is 134 cm³/mol. The summed E-state index contributed by atoms with van der Waals surface area (Å²) in [6.07, 6.45) is 7.19. The zero-order chi connectivity index (χ0) is 24.4. The fourth-order valence-electron chi connectivity index (χ4n) is 4.27. The van der Waals surface area contributed by atoms with E-state index >= 15 is 0 Å². The Balaban J connectivity index is 1.39. The Morgan fingerprint density at radius 2 is 2.09 bits per heavy atom. The molecule has 0 spiro atoms. The molecule has 9 heteroatoms. The van der Waals surface area contributed by atoms with Crippen LogP contribution in [-0.2, 0) is 19.4 Å². The van der Waals surface area contributed by atoms with Crippen molar-refractivity contribution < 1.29 is 18.6 Å². The van der Waals surface area contributed by atoms with E-state index < -0.39 is 4.92 Å². The molecule has 3 heterocycles. The van der Waals surface area contributed by atoms with Crippen LogP contribution in [0.4, 0.5) is 10.7 Å². The van der Waals surface area contributed by atoms with Crippen molar-refractivity contribution in [3.8, 4) is 11.3 Å². The summed E-state index contributed by atoms with van der Waals surface area (Å²) >= 11 is 1.56. The highest BCUT2D eigenvalue weighted by Gasteiger charge is 2.25. The number of hydrogen-bond donors (Lipinski definition) is 1. The van der Waals surface area contributed by atoms with Crippen LogP contribution in [0.1, 0.15) is 50.7 Å². The van der Waals surface area contributed by atoms with E-state index in [1.807, 2.05) is 19.1 Å². The van der Waals surface area contributed by atoms with Crippen molar-refractivity contribution in [2.24, 2.45) is 4.99 Å². The monoisotopic (exact) mass is 489 g/mol. The third-order valence-corrected chi connectivity index (χ3v) is 7.20. The molecule has 0 saturated carbocycles. The van der Waals surface area contributed by atoms with Gasteiger partial charge in [0.1, 0.15) is 22.3 Å². The van der Waals surface area contributed by atoms with E-state index in [-0.39, 0.29) is 11.6 Å². The van der Waals surface area contributed by atoms with Crippen molar-refractivity contribution in [3.63, 3.8) is 0 Å². The molecule has 1 amide bonds. The quantitative estimate of drug-likeness (QED) is 0.184. The molecule has 5 rings (SSSR count). The number of non-ortho nitro benzene ring substituents is 1. The van der Waals surface area contributed by atoms with Crippen LogP contribution >= 0.6 is 11.3 Å². The average molecular weight is 490 g/mol. The molecular weight excluding hydrogens is 466 g/mol. The number of aliphatic imine (C=N–C) groups is 1. The highest BCUT2D eigenvalue weighted by Crippen LogP contribution is 2.40. The van der Waals surface area contributed by atoms with Crippen molar-refractivity contribution in [3.05, 3.63) is 91.9 Å². The summed E-state index contributed by atoms with van der Waals surface area (Å²) in [5.41, 5.74) is 3.29. The third-order valence-electron chi connectivity index (χ3n) is 6.01. The molecule has 3 aromatic heterocycles. The van der Waals surface area contributed by atoms with Crippen LogP contribution in [0.25, 0.3) is 11.3 Å². The first-order chi connectivity index (χ1) is 17.0. The Kier molecular flexibility index (Phi) is 6.33. The second-order valence-corrected chi connectivity index (χ2v) is 9.45. The number of benzene rings is 1. The molecule has 0 aliphatic heterocycles. The van der Waals surface area contributed by atoms with Gasteiger partial charge in [-0.3, -0.25) is 14.9 Å². The number of nitro benzene ring substituents is 1. The van der Waals surface area contributed by atoms with Crippen molar-refractivity contribution >= 4 is 34.1 Å². The van der Waals surface area contributed by atoms with Crippen LogP contribution < -0.4 is 5.32 Å². The molecule has 1 aliphatic carbocycles. The van der Waals surface area contributed by atoms with Gasteiger partial charge in [0.15, 0.2) is 0 Å². The van der Waals surface area contributed by atoms with Crippen LogP contribution in [0.5, 0.6) is 0 Å². The van der Waals surface area contributed by atoms with E-state index in [1.54, 1.807) is 42.0 Å². The summed E-state index contributed by atoms with van der Waals surface area (Å²) < 4.78 is 11.3. The molecule has 1 N–H and O–H groups in total. The van der Waals surface area contributed by atoms with Crippen molar-refractivity contribution in [2.75, 3.05) is 0 Å². The van der Waals surface area contributed by atoms with Gasteiger partial charge in [0.25, 0.3) is 11.6 Å². The number of rotatable bonds is 7. The SMILES string of the molecule is Cc1cc([N+](=O)[O-])ccc1-c1ccc(/C=N\c2sc3c(c2C(=O)NCc2ccco2)CCCC3)o1. The van der Waals surface area contributed by atoms with Gasteiger partial charge in [-0.15, -0.1) is 11.3 Å². The summed E-state index contributed by atoms with van der Waals surface area (Å²) in [6.45, 7) is 2.12. The number of amides is 1. The summed E-state index contributed by atoms with van der Waals surface area (Å²) in [5.74, 6) is 1.67. The maximum absolute atomic E-state index is 13.1. The van der Waals surface area contributed by atoms with Crippen molar-refractivity contribution in [2.45, 2.75) is 39.2 Å². The standard InChI is InChI=1S/C26H23N3O5S/c1-16-13-17(29(31)32)8-10-20(16)22-11-9-19(34-22)15-28-26-24(21-6-2-3-7-23(21)35-26)25(30)27-14-18-5-4-12-33-18/h4-5,8-13,15H,2-3,6-7,14H2,1H3,(H,27,30)/b28-15-. The molecule has 0 bridgehead atoms. The maximum atomic E-state index is 13.1. The molecule has 0 unspecified atom stereocenters. The summed E-state index contributed by atoms with van der Waals surface area (Å²) in [6, 6.07) is 11.9. The fraction of sp³-hybridized carbons (Fsp3) is 0.231. The molecule has 178 valence electrons. The minimum Gasteiger partial charge on any atom is -0.467 e.